The largest absolute Gasteiger partial charge is 0.384 e. The van der Waals surface area contributed by atoms with Gasteiger partial charge in [0.2, 0.25) is 5.91 Å². The molecule has 112 valence electrons. The first kappa shape index (κ1) is 14.4. The van der Waals surface area contributed by atoms with E-state index in [9.17, 15) is 4.79 Å². The number of carbonyl (C=O) groups is 1. The number of carbonyl (C=O) groups excluding carboxylic acids is 1. The molecule has 0 aliphatic heterocycles. The number of hydrogen-bond acceptors (Lipinski definition) is 4. The van der Waals surface area contributed by atoms with E-state index >= 15 is 0 Å². The Kier molecular flexibility index (Phi) is 4.48. The van der Waals surface area contributed by atoms with Gasteiger partial charge in [0.05, 0.1) is 5.75 Å². The summed E-state index contributed by atoms with van der Waals surface area (Å²) in [6.45, 7) is 0. The van der Waals surface area contributed by atoms with Gasteiger partial charge < -0.3 is 10.6 Å². The van der Waals surface area contributed by atoms with Gasteiger partial charge in [-0.05, 0) is 50.7 Å². The SMILES string of the molecule is Nc1ccc(SCC(=O)N(C2=CCCCC2)C2CC2)cn1. The van der Waals surface area contributed by atoms with Crippen LogP contribution in [0.1, 0.15) is 38.5 Å². The molecular weight excluding hydrogens is 282 g/mol. The highest BCUT2D eigenvalue weighted by Gasteiger charge is 2.34. The molecule has 0 bridgehead atoms. The van der Waals surface area contributed by atoms with E-state index in [2.05, 4.69) is 16.0 Å². The molecule has 1 aromatic heterocycles. The van der Waals surface area contributed by atoms with Gasteiger partial charge in [-0.25, -0.2) is 4.98 Å². The highest BCUT2D eigenvalue weighted by molar-refractivity contribution is 8.00. The number of allylic oxidation sites excluding steroid dienone is 2. The third-order valence-electron chi connectivity index (χ3n) is 3.88. The second kappa shape index (κ2) is 6.52. The van der Waals surface area contributed by atoms with Crippen molar-refractivity contribution in [2.24, 2.45) is 0 Å². The molecule has 0 spiro atoms. The van der Waals surface area contributed by atoms with Crippen molar-refractivity contribution in [1.82, 2.24) is 9.88 Å². The van der Waals surface area contributed by atoms with Crippen LogP contribution in [-0.4, -0.2) is 27.6 Å². The zero-order valence-corrected chi connectivity index (χ0v) is 12.9. The molecule has 1 aromatic rings. The van der Waals surface area contributed by atoms with Gasteiger partial charge in [-0.15, -0.1) is 11.8 Å². The van der Waals surface area contributed by atoms with E-state index in [1.54, 1.807) is 12.3 Å². The van der Waals surface area contributed by atoms with E-state index in [-0.39, 0.29) is 5.91 Å². The van der Waals surface area contributed by atoms with Crippen molar-refractivity contribution in [2.75, 3.05) is 11.5 Å². The maximum absolute atomic E-state index is 12.6. The molecule has 1 amide bonds. The van der Waals surface area contributed by atoms with Crippen LogP contribution in [0.2, 0.25) is 0 Å². The molecule has 2 aliphatic rings. The minimum atomic E-state index is 0.229. The number of amides is 1. The Morgan fingerprint density at radius 3 is 2.86 bits per heavy atom. The lowest BCUT2D eigenvalue weighted by Gasteiger charge is -2.27. The lowest BCUT2D eigenvalue weighted by Crippen LogP contribution is -2.34. The molecule has 0 aromatic carbocycles. The monoisotopic (exact) mass is 303 g/mol. The molecule has 5 heteroatoms. The number of thioether (sulfide) groups is 1. The summed E-state index contributed by atoms with van der Waals surface area (Å²) in [6.07, 6.45) is 10.9. The van der Waals surface area contributed by atoms with E-state index in [1.165, 1.54) is 30.3 Å². The number of nitrogens with zero attached hydrogens (tertiary/aromatic N) is 2. The van der Waals surface area contributed by atoms with E-state index in [0.717, 1.165) is 30.6 Å². The van der Waals surface area contributed by atoms with Crippen LogP contribution in [0.15, 0.2) is 35.0 Å². The first-order valence-corrected chi connectivity index (χ1v) is 8.58. The van der Waals surface area contributed by atoms with Gasteiger partial charge in [0.15, 0.2) is 0 Å². The molecule has 0 saturated heterocycles. The van der Waals surface area contributed by atoms with Gasteiger partial charge >= 0.3 is 0 Å². The minimum absolute atomic E-state index is 0.229. The summed E-state index contributed by atoms with van der Waals surface area (Å²) in [4.78, 5) is 19.7. The number of pyridine rings is 1. The summed E-state index contributed by atoms with van der Waals surface area (Å²) in [6, 6.07) is 4.14. The first-order valence-electron chi connectivity index (χ1n) is 7.59. The lowest BCUT2D eigenvalue weighted by molar-refractivity contribution is -0.127. The van der Waals surface area contributed by atoms with Crippen LogP contribution in [0.5, 0.6) is 0 Å². The van der Waals surface area contributed by atoms with Crippen molar-refractivity contribution in [2.45, 2.75) is 49.5 Å². The zero-order chi connectivity index (χ0) is 14.7. The summed E-state index contributed by atoms with van der Waals surface area (Å²) in [5.74, 6) is 1.21. The van der Waals surface area contributed by atoms with Crippen molar-refractivity contribution < 1.29 is 4.79 Å². The predicted molar refractivity (Wildman–Crippen MR) is 85.8 cm³/mol. The molecule has 3 rings (SSSR count). The topological polar surface area (TPSA) is 59.2 Å². The molecule has 2 N–H and O–H groups in total. The number of hydrogen-bond donors (Lipinski definition) is 1. The Hall–Kier alpha value is -1.49. The average Bonchev–Trinajstić information content (AvgIpc) is 3.33. The van der Waals surface area contributed by atoms with Gasteiger partial charge in [-0.2, -0.15) is 0 Å². The number of aromatic nitrogens is 1. The van der Waals surface area contributed by atoms with Crippen LogP contribution >= 0.6 is 11.8 Å². The van der Waals surface area contributed by atoms with Gasteiger partial charge in [0, 0.05) is 22.8 Å². The van der Waals surface area contributed by atoms with Crippen LogP contribution in [-0.2, 0) is 4.79 Å². The zero-order valence-electron chi connectivity index (χ0n) is 12.1. The Labute approximate surface area is 129 Å². The maximum Gasteiger partial charge on any atom is 0.237 e. The lowest BCUT2D eigenvalue weighted by atomic mass is 10.0. The van der Waals surface area contributed by atoms with Crippen molar-refractivity contribution in [3.8, 4) is 0 Å². The summed E-state index contributed by atoms with van der Waals surface area (Å²) < 4.78 is 0. The molecule has 0 radical (unpaired) electrons. The fourth-order valence-electron chi connectivity index (χ4n) is 2.66. The van der Waals surface area contributed by atoms with Gasteiger partial charge in [0.25, 0.3) is 0 Å². The Morgan fingerprint density at radius 2 is 2.24 bits per heavy atom. The number of rotatable bonds is 5. The van der Waals surface area contributed by atoms with Crippen molar-refractivity contribution >= 4 is 23.5 Å². The maximum atomic E-state index is 12.6. The van der Waals surface area contributed by atoms with Crippen molar-refractivity contribution in [1.29, 1.82) is 0 Å². The fourth-order valence-corrected chi connectivity index (χ4v) is 3.38. The first-order chi connectivity index (χ1) is 10.2. The van der Waals surface area contributed by atoms with E-state index in [0.29, 0.717) is 17.6 Å². The summed E-state index contributed by atoms with van der Waals surface area (Å²) >= 11 is 1.54. The number of anilines is 1. The fraction of sp³-hybridized carbons (Fsp3) is 0.500. The normalized spacial score (nSPS) is 18.2. The summed E-state index contributed by atoms with van der Waals surface area (Å²) in [5.41, 5.74) is 6.83. The number of nitrogens with two attached hydrogens (primary N) is 1. The van der Waals surface area contributed by atoms with E-state index in [1.807, 2.05) is 6.07 Å². The Balaban J connectivity index is 1.62. The molecular formula is C16H21N3OS. The van der Waals surface area contributed by atoms with Crippen LogP contribution in [0.3, 0.4) is 0 Å². The highest BCUT2D eigenvalue weighted by atomic mass is 32.2. The minimum Gasteiger partial charge on any atom is -0.384 e. The number of nitrogen functional groups attached to an aromatic ring is 1. The quantitative estimate of drug-likeness (QED) is 0.849. The molecule has 0 atom stereocenters. The van der Waals surface area contributed by atoms with E-state index in [4.69, 9.17) is 5.73 Å². The second-order valence-electron chi connectivity index (χ2n) is 5.64. The molecule has 1 heterocycles. The van der Waals surface area contributed by atoms with E-state index < -0.39 is 0 Å². The third-order valence-corrected chi connectivity index (χ3v) is 4.84. The molecule has 0 unspecified atom stereocenters. The molecule has 1 fully saturated rings. The predicted octanol–water partition coefficient (Wildman–Crippen LogP) is 3.20. The summed E-state index contributed by atoms with van der Waals surface area (Å²) in [7, 11) is 0. The molecule has 2 aliphatic carbocycles. The van der Waals surface area contributed by atoms with Crippen molar-refractivity contribution in [3.63, 3.8) is 0 Å². The van der Waals surface area contributed by atoms with Crippen LogP contribution in [0, 0.1) is 0 Å². The second-order valence-corrected chi connectivity index (χ2v) is 6.69. The van der Waals surface area contributed by atoms with Crippen molar-refractivity contribution in [3.05, 3.63) is 30.1 Å². The third kappa shape index (κ3) is 3.79. The van der Waals surface area contributed by atoms with Gasteiger partial charge in [-0.1, -0.05) is 6.08 Å². The molecule has 1 saturated carbocycles. The summed E-state index contributed by atoms with van der Waals surface area (Å²) in [5, 5.41) is 0. The Bertz CT molecular complexity index is 537. The van der Waals surface area contributed by atoms with Gasteiger partial charge in [-0.3, -0.25) is 4.79 Å². The molecule has 21 heavy (non-hydrogen) atoms. The molecule has 4 nitrogen and oxygen atoms in total. The van der Waals surface area contributed by atoms with Crippen LogP contribution in [0.4, 0.5) is 5.82 Å². The van der Waals surface area contributed by atoms with Crippen LogP contribution in [0.25, 0.3) is 0 Å². The average molecular weight is 303 g/mol. The standard InChI is InChI=1S/C16H21N3OS/c17-15-9-8-14(10-18-15)21-11-16(20)19(13-6-7-13)12-4-2-1-3-5-12/h4,8-10,13H,1-3,5-7,11H2,(H2,17,18). The van der Waals surface area contributed by atoms with Gasteiger partial charge in [0.1, 0.15) is 5.82 Å². The smallest absolute Gasteiger partial charge is 0.237 e. The van der Waals surface area contributed by atoms with Crippen LogP contribution < -0.4 is 5.73 Å². The highest BCUT2D eigenvalue weighted by Crippen LogP contribution is 2.34. The Morgan fingerprint density at radius 1 is 1.38 bits per heavy atom.